The van der Waals surface area contributed by atoms with Crippen molar-refractivity contribution in [2.24, 2.45) is 10.6 Å². The molecule has 1 aliphatic heterocycles. The molecule has 5 N–H and O–H groups in total. The Kier molecular flexibility index (Phi) is 10.6. The molecule has 15 nitrogen and oxygen atoms in total. The minimum absolute atomic E-state index is 0.00487. The highest BCUT2D eigenvalue weighted by molar-refractivity contribution is 14.1. The molecule has 3 amide bonds. The van der Waals surface area contributed by atoms with Gasteiger partial charge < -0.3 is 25.0 Å². The Balaban J connectivity index is 1.32. The van der Waals surface area contributed by atoms with Crippen LogP contribution in [0.2, 0.25) is 5.02 Å². The van der Waals surface area contributed by atoms with Crippen LogP contribution in [0.3, 0.4) is 0 Å². The Morgan fingerprint density at radius 1 is 1.09 bits per heavy atom. The zero-order valence-corrected chi connectivity index (χ0v) is 33.8. The maximum Gasteiger partial charge on any atom is 0.260 e. The van der Waals surface area contributed by atoms with Crippen molar-refractivity contribution >= 4 is 88.4 Å². The van der Waals surface area contributed by atoms with Crippen LogP contribution in [0.4, 0.5) is 5.69 Å². The topological polar surface area (TPSA) is 216 Å². The van der Waals surface area contributed by atoms with E-state index in [0.717, 1.165) is 0 Å². The zero-order valence-electron chi connectivity index (χ0n) is 29.3. The predicted molar refractivity (Wildman–Crippen MR) is 206 cm³/mol. The highest BCUT2D eigenvalue weighted by atomic mass is 127. The highest BCUT2D eigenvalue weighted by Gasteiger charge is 2.62. The summed E-state index contributed by atoms with van der Waals surface area (Å²) in [6.07, 6.45) is 1.83. The number of nitrogens with one attached hydrogen (secondary N) is 3. The number of fused-ring (bicyclic) bond motifs is 1. The molecule has 2 aliphatic carbocycles. The van der Waals surface area contributed by atoms with Crippen LogP contribution in [0, 0.1) is 5.41 Å². The number of hydrogen-bond donors (Lipinski definition) is 4. The highest BCUT2D eigenvalue weighted by Crippen LogP contribution is 2.45. The van der Waals surface area contributed by atoms with Gasteiger partial charge >= 0.3 is 0 Å². The second-order valence-corrected chi connectivity index (χ2v) is 20.1. The van der Waals surface area contributed by atoms with Crippen molar-refractivity contribution in [3.8, 4) is 11.6 Å². The Labute approximate surface area is 326 Å². The lowest BCUT2D eigenvalue weighted by molar-refractivity contribution is -0.141. The minimum Gasteiger partial charge on any atom is -0.494 e. The molecule has 286 valence electrons. The lowest BCUT2D eigenvalue weighted by Crippen LogP contribution is -2.58. The fourth-order valence-electron chi connectivity index (χ4n) is 6.33. The van der Waals surface area contributed by atoms with Crippen LogP contribution >= 0.6 is 34.2 Å². The van der Waals surface area contributed by atoms with Crippen LogP contribution in [0.5, 0.6) is 11.6 Å². The van der Waals surface area contributed by atoms with Gasteiger partial charge in [0.15, 0.2) is 0 Å². The Bertz CT molecular complexity index is 2200. The normalized spacial score (nSPS) is 23.6. The number of carbonyl (C=O) groups is 3. The average molecular weight is 903 g/mol. The van der Waals surface area contributed by atoms with E-state index >= 15 is 0 Å². The first-order valence-electron chi connectivity index (χ1n) is 16.7. The molecule has 1 saturated heterocycles. The average Bonchev–Trinajstić information content (AvgIpc) is 4.00. The summed E-state index contributed by atoms with van der Waals surface area (Å²) in [6.45, 7) is 5.37. The number of rotatable bonds is 12. The quantitative estimate of drug-likeness (QED) is 0.153. The molecular formula is C34H40ClIN6O9S2. The third-order valence-corrected chi connectivity index (χ3v) is 14.0. The number of carbonyl (C=O) groups excluding carboxylic acids is 3. The lowest BCUT2D eigenvalue weighted by Gasteiger charge is -2.36. The fourth-order valence-corrected chi connectivity index (χ4v) is 9.56. The first-order valence-corrected chi connectivity index (χ1v) is 21.5. The van der Waals surface area contributed by atoms with Gasteiger partial charge in [-0.2, -0.15) is 0 Å². The summed E-state index contributed by atoms with van der Waals surface area (Å²) in [6, 6.07) is 8.72. The summed E-state index contributed by atoms with van der Waals surface area (Å²) >= 11 is 8.32. The van der Waals surface area contributed by atoms with Gasteiger partial charge in [-0.25, -0.2) is 27.0 Å². The molecule has 0 bridgehead atoms. The van der Waals surface area contributed by atoms with Gasteiger partial charge in [0.1, 0.15) is 29.5 Å². The molecule has 5 atom stereocenters. The van der Waals surface area contributed by atoms with Crippen molar-refractivity contribution in [3.63, 3.8) is 0 Å². The van der Waals surface area contributed by atoms with Crippen molar-refractivity contribution in [2.75, 3.05) is 19.0 Å². The molecule has 53 heavy (non-hydrogen) atoms. The first kappa shape index (κ1) is 39.2. The second-order valence-electron chi connectivity index (χ2n) is 14.6. The Morgan fingerprint density at radius 3 is 2.40 bits per heavy atom. The number of benzene rings is 2. The summed E-state index contributed by atoms with van der Waals surface area (Å²) in [5.41, 5.74) is -1.96. The third kappa shape index (κ3) is 8.30. The lowest BCUT2D eigenvalue weighted by atomic mass is 9.85. The Hall–Kier alpha value is -3.46. The van der Waals surface area contributed by atoms with Crippen LogP contribution < -0.4 is 30.0 Å². The predicted octanol–water partition coefficient (Wildman–Crippen LogP) is 3.09. The molecule has 2 saturated carbocycles. The monoisotopic (exact) mass is 902 g/mol. The number of halogens is 2. The van der Waals surface area contributed by atoms with E-state index in [1.807, 2.05) is 43.4 Å². The number of ether oxygens (including phenoxy) is 2. The summed E-state index contributed by atoms with van der Waals surface area (Å²) in [5, 5.41) is 12.3. The zero-order chi connectivity index (χ0) is 38.7. The maximum absolute atomic E-state index is 14.7. The molecule has 2 heterocycles. The molecule has 0 radical (unpaired) electrons. The molecular weight excluding hydrogens is 863 g/mol. The molecule has 2 aromatic carbocycles. The van der Waals surface area contributed by atoms with E-state index in [4.69, 9.17) is 26.2 Å². The van der Waals surface area contributed by atoms with E-state index in [1.54, 1.807) is 24.3 Å². The van der Waals surface area contributed by atoms with E-state index in [9.17, 15) is 31.2 Å². The van der Waals surface area contributed by atoms with E-state index in [1.165, 1.54) is 36.4 Å². The van der Waals surface area contributed by atoms with Gasteiger partial charge in [-0.1, -0.05) is 61.0 Å². The van der Waals surface area contributed by atoms with Gasteiger partial charge in [-0.15, -0.1) is 0 Å². The molecule has 0 spiro atoms. The van der Waals surface area contributed by atoms with Crippen LogP contribution in [0.25, 0.3) is 10.8 Å². The molecule has 1 aromatic heterocycles. The second kappa shape index (κ2) is 14.3. The number of pyridine rings is 1. The maximum atomic E-state index is 14.7. The number of methoxy groups -OCH3 is 1. The summed E-state index contributed by atoms with van der Waals surface area (Å²) < 4.78 is 63.1. The van der Waals surface area contributed by atoms with E-state index in [-0.39, 0.29) is 30.2 Å². The molecule has 3 aromatic rings. The van der Waals surface area contributed by atoms with Crippen LogP contribution in [0.15, 0.2) is 53.6 Å². The molecule has 19 heteroatoms. The standard InChI is InChI=1S/C34H40ClIN6O9S2/c1-33(2,3)28(39-19-6-5-7-22(13-19)52(37,46)47)31(44)42-17-20(51-30-24-12-18(35)8-11-23(24)26(50-4)16-38-30)14-25(42)29(43)40-34(15-27(34)36)32(45)41-53(48,49)21-9-10-21/h5-8,11-13,16,20-21,25,27-28,39H,9-10,14-15,17H2,1-4H3,(H,40,43)(H,41,45)(H2,37,46,47)/t20-,25+,27-,28-,34-/m1/s1. The minimum atomic E-state index is -4.05. The van der Waals surface area contributed by atoms with E-state index in [2.05, 4.69) is 20.3 Å². The van der Waals surface area contributed by atoms with Gasteiger partial charge in [0.05, 0.1) is 30.0 Å². The van der Waals surface area contributed by atoms with Gasteiger partial charge in [0.25, 0.3) is 5.91 Å². The number of primary sulfonamides is 1. The number of likely N-dealkylation sites (tertiary alicyclic amines) is 1. The number of anilines is 1. The van der Waals surface area contributed by atoms with Crippen molar-refractivity contribution in [2.45, 2.75) is 84.3 Å². The number of nitrogens with zero attached hydrogens (tertiary/aromatic N) is 2. The van der Waals surface area contributed by atoms with Gasteiger partial charge in [0.2, 0.25) is 37.7 Å². The molecule has 0 unspecified atom stereocenters. The number of amides is 3. The molecule has 3 aliphatic rings. The smallest absolute Gasteiger partial charge is 0.260 e. The fraction of sp³-hybridized carbons (Fsp3) is 0.471. The Morgan fingerprint density at radius 2 is 1.79 bits per heavy atom. The van der Waals surface area contributed by atoms with Crippen molar-refractivity contribution in [1.29, 1.82) is 0 Å². The number of aromatic nitrogens is 1. The SMILES string of the molecule is COc1cnc(O[C@@H]2C[C@@H](C(=O)N[C@]3(C(=O)NS(=O)(=O)C4CC4)C[C@H]3I)N(C(=O)[C@@H](Nc3cccc(S(N)(=O)=O)c3)C(C)(C)C)C2)c2cc(Cl)ccc12. The van der Waals surface area contributed by atoms with E-state index < -0.39 is 76.1 Å². The third-order valence-electron chi connectivity index (χ3n) is 9.54. The molecule has 6 rings (SSSR count). The summed E-state index contributed by atoms with van der Waals surface area (Å²) in [7, 11) is -6.43. The van der Waals surface area contributed by atoms with Gasteiger partial charge in [-0.05, 0) is 61.1 Å². The largest absolute Gasteiger partial charge is 0.494 e. The van der Waals surface area contributed by atoms with Crippen molar-refractivity contribution in [1.82, 2.24) is 19.9 Å². The number of nitrogens with two attached hydrogens (primary N) is 1. The van der Waals surface area contributed by atoms with Crippen LogP contribution in [-0.4, -0.2) is 91.0 Å². The summed E-state index contributed by atoms with van der Waals surface area (Å²) in [4.78, 5) is 48.0. The van der Waals surface area contributed by atoms with E-state index in [0.29, 0.717) is 40.1 Å². The van der Waals surface area contributed by atoms with Crippen LogP contribution in [-0.2, 0) is 34.4 Å². The first-order chi connectivity index (χ1) is 24.7. The number of sulfonamides is 2. The summed E-state index contributed by atoms with van der Waals surface area (Å²) in [5.74, 6) is -1.31. The molecule has 3 fully saturated rings. The van der Waals surface area contributed by atoms with Gasteiger partial charge in [0, 0.05) is 31.8 Å². The number of hydrogen-bond acceptors (Lipinski definition) is 11. The van der Waals surface area contributed by atoms with Crippen molar-refractivity contribution in [3.05, 3.63) is 53.7 Å². The van der Waals surface area contributed by atoms with Gasteiger partial charge in [-0.3, -0.25) is 19.1 Å². The number of alkyl halides is 1. The van der Waals surface area contributed by atoms with Crippen LogP contribution in [0.1, 0.15) is 46.5 Å². The van der Waals surface area contributed by atoms with Crippen molar-refractivity contribution < 1.29 is 40.7 Å².